The molecule has 0 aliphatic carbocycles. The van der Waals surface area contributed by atoms with Gasteiger partial charge in [-0.2, -0.15) is 0 Å². The summed E-state index contributed by atoms with van der Waals surface area (Å²) in [6.07, 6.45) is 2.75. The summed E-state index contributed by atoms with van der Waals surface area (Å²) in [5, 5.41) is 6.37. The number of benzene rings is 2. The van der Waals surface area contributed by atoms with E-state index in [0.717, 1.165) is 42.0 Å². The second kappa shape index (κ2) is 8.17. The highest BCUT2D eigenvalue weighted by Crippen LogP contribution is 2.26. The van der Waals surface area contributed by atoms with Gasteiger partial charge in [0.1, 0.15) is 11.9 Å². The van der Waals surface area contributed by atoms with Gasteiger partial charge in [-0.05, 0) is 62.6 Å². The van der Waals surface area contributed by atoms with Crippen molar-refractivity contribution in [3.05, 3.63) is 59.7 Å². The number of nitrogens with one attached hydrogen (secondary N) is 2. The lowest BCUT2D eigenvalue weighted by atomic mass is 10.1. The monoisotopic (exact) mass is 338 g/mol. The van der Waals surface area contributed by atoms with E-state index in [2.05, 4.69) is 22.8 Å². The highest BCUT2D eigenvalue weighted by atomic mass is 16.5. The first-order chi connectivity index (χ1) is 12.1. The summed E-state index contributed by atoms with van der Waals surface area (Å²) in [4.78, 5) is 12.2. The zero-order valence-electron chi connectivity index (χ0n) is 14.9. The van der Waals surface area contributed by atoms with Gasteiger partial charge in [0.25, 0.3) is 0 Å². The fraction of sp³-hybridized carbons (Fsp3) is 0.381. The molecule has 2 unspecified atom stereocenters. The molecule has 0 aromatic heterocycles. The molecule has 1 saturated heterocycles. The van der Waals surface area contributed by atoms with Gasteiger partial charge in [0, 0.05) is 18.2 Å². The van der Waals surface area contributed by atoms with Crippen LogP contribution in [0, 0.1) is 6.92 Å². The van der Waals surface area contributed by atoms with Crippen molar-refractivity contribution in [3.63, 3.8) is 0 Å². The van der Waals surface area contributed by atoms with Gasteiger partial charge in [0.2, 0.25) is 5.91 Å². The average Bonchev–Trinajstić information content (AvgIpc) is 3.11. The van der Waals surface area contributed by atoms with E-state index in [-0.39, 0.29) is 12.0 Å². The summed E-state index contributed by atoms with van der Waals surface area (Å²) >= 11 is 0. The van der Waals surface area contributed by atoms with Crippen molar-refractivity contribution in [1.82, 2.24) is 5.32 Å². The van der Waals surface area contributed by atoms with Crippen LogP contribution in [-0.2, 0) is 4.79 Å². The molecule has 1 aliphatic rings. The third-order valence-corrected chi connectivity index (χ3v) is 4.65. The number of aryl methyl sites for hydroxylation is 1. The topological polar surface area (TPSA) is 50.4 Å². The molecule has 25 heavy (non-hydrogen) atoms. The largest absolute Gasteiger partial charge is 0.486 e. The van der Waals surface area contributed by atoms with E-state index in [4.69, 9.17) is 4.74 Å². The van der Waals surface area contributed by atoms with Gasteiger partial charge in [0.15, 0.2) is 0 Å². The quantitative estimate of drug-likeness (QED) is 0.829. The predicted octanol–water partition coefficient (Wildman–Crippen LogP) is 4.22. The lowest BCUT2D eigenvalue weighted by Gasteiger charge is -2.17. The molecule has 1 aliphatic heterocycles. The van der Waals surface area contributed by atoms with Gasteiger partial charge >= 0.3 is 0 Å². The Bertz CT molecular complexity index is 709. The number of rotatable bonds is 6. The molecule has 2 aromatic rings. The van der Waals surface area contributed by atoms with Gasteiger partial charge in [-0.25, -0.2) is 0 Å². The average molecular weight is 338 g/mol. The first kappa shape index (κ1) is 17.5. The van der Waals surface area contributed by atoms with Gasteiger partial charge in [-0.1, -0.05) is 30.3 Å². The molecule has 132 valence electrons. The van der Waals surface area contributed by atoms with Crippen molar-refractivity contribution in [2.24, 2.45) is 0 Å². The Balaban J connectivity index is 1.59. The molecular weight excluding hydrogens is 312 g/mol. The van der Waals surface area contributed by atoms with E-state index >= 15 is 0 Å². The van der Waals surface area contributed by atoms with Crippen LogP contribution in [0.5, 0.6) is 5.75 Å². The highest BCUT2D eigenvalue weighted by molar-refractivity contribution is 5.92. The Kier molecular flexibility index (Phi) is 5.71. The highest BCUT2D eigenvalue weighted by Gasteiger charge is 2.18. The number of amides is 1. The van der Waals surface area contributed by atoms with Crippen LogP contribution in [0.3, 0.4) is 0 Å². The van der Waals surface area contributed by atoms with Gasteiger partial charge in [-0.15, -0.1) is 0 Å². The molecule has 0 spiro atoms. The van der Waals surface area contributed by atoms with E-state index in [1.54, 1.807) is 0 Å². The minimum absolute atomic E-state index is 0.0190. The maximum Gasteiger partial charge on any atom is 0.225 e. The van der Waals surface area contributed by atoms with Crippen LogP contribution >= 0.6 is 0 Å². The van der Waals surface area contributed by atoms with Crippen LogP contribution in [0.15, 0.2) is 48.5 Å². The molecule has 0 saturated carbocycles. The van der Waals surface area contributed by atoms with Crippen molar-refractivity contribution >= 4 is 11.6 Å². The number of ether oxygens (including phenoxy) is 1. The molecular formula is C21H26N2O2. The Hall–Kier alpha value is -2.33. The molecule has 2 N–H and O–H groups in total. The number of anilines is 1. The molecule has 0 radical (unpaired) electrons. The Morgan fingerprint density at radius 1 is 1.28 bits per heavy atom. The first-order valence-corrected chi connectivity index (χ1v) is 8.97. The Morgan fingerprint density at radius 3 is 2.76 bits per heavy atom. The zero-order chi connectivity index (χ0) is 17.6. The van der Waals surface area contributed by atoms with Crippen LogP contribution in [0.2, 0.25) is 0 Å². The SMILES string of the molecule is Cc1cc(OC(C)c2ccccc2)ccc1NC(=O)CC1CCCN1. The summed E-state index contributed by atoms with van der Waals surface area (Å²) in [5.41, 5.74) is 3.00. The zero-order valence-corrected chi connectivity index (χ0v) is 14.9. The summed E-state index contributed by atoms with van der Waals surface area (Å²) in [5.74, 6) is 0.873. The van der Waals surface area contributed by atoms with E-state index in [1.165, 1.54) is 0 Å². The predicted molar refractivity (Wildman–Crippen MR) is 101 cm³/mol. The van der Waals surface area contributed by atoms with Crippen molar-refractivity contribution in [2.45, 2.75) is 45.3 Å². The lowest BCUT2D eigenvalue weighted by Crippen LogP contribution is -2.27. The van der Waals surface area contributed by atoms with Crippen LogP contribution in [0.1, 0.15) is 43.4 Å². The van der Waals surface area contributed by atoms with Crippen molar-refractivity contribution < 1.29 is 9.53 Å². The third kappa shape index (κ3) is 4.83. The van der Waals surface area contributed by atoms with Crippen LogP contribution < -0.4 is 15.4 Å². The lowest BCUT2D eigenvalue weighted by molar-refractivity contribution is -0.116. The fourth-order valence-electron chi connectivity index (χ4n) is 3.20. The van der Waals surface area contributed by atoms with Crippen LogP contribution in [0.25, 0.3) is 0 Å². The number of carbonyl (C=O) groups excluding carboxylic acids is 1. The molecule has 1 heterocycles. The standard InChI is InChI=1S/C21H26N2O2/c1-15-13-19(25-16(2)17-7-4-3-5-8-17)10-11-20(15)23-21(24)14-18-9-6-12-22-18/h3-5,7-8,10-11,13,16,18,22H,6,9,12,14H2,1-2H3,(H,23,24). The summed E-state index contributed by atoms with van der Waals surface area (Å²) in [6.45, 7) is 5.04. The molecule has 4 heteroatoms. The Morgan fingerprint density at radius 2 is 2.08 bits per heavy atom. The van der Waals surface area contributed by atoms with Crippen molar-refractivity contribution in [1.29, 1.82) is 0 Å². The second-order valence-electron chi connectivity index (χ2n) is 6.69. The molecule has 1 amide bonds. The maximum absolute atomic E-state index is 12.2. The molecule has 4 nitrogen and oxygen atoms in total. The molecule has 2 aromatic carbocycles. The number of hydrogen-bond acceptors (Lipinski definition) is 3. The summed E-state index contributed by atoms with van der Waals surface area (Å²) in [6, 6.07) is 16.3. The summed E-state index contributed by atoms with van der Waals surface area (Å²) in [7, 11) is 0. The van der Waals surface area contributed by atoms with Gasteiger partial charge < -0.3 is 15.4 Å². The third-order valence-electron chi connectivity index (χ3n) is 4.65. The first-order valence-electron chi connectivity index (χ1n) is 8.97. The molecule has 3 rings (SSSR count). The minimum Gasteiger partial charge on any atom is -0.486 e. The molecule has 2 atom stereocenters. The smallest absolute Gasteiger partial charge is 0.225 e. The number of carbonyl (C=O) groups is 1. The molecule has 1 fully saturated rings. The summed E-state index contributed by atoms with van der Waals surface area (Å²) < 4.78 is 6.03. The van der Waals surface area contributed by atoms with Crippen molar-refractivity contribution in [3.8, 4) is 5.75 Å². The van der Waals surface area contributed by atoms with E-state index in [9.17, 15) is 4.79 Å². The molecule has 0 bridgehead atoms. The van der Waals surface area contributed by atoms with E-state index in [1.807, 2.05) is 50.2 Å². The van der Waals surface area contributed by atoms with Gasteiger partial charge in [0.05, 0.1) is 0 Å². The maximum atomic E-state index is 12.2. The second-order valence-corrected chi connectivity index (χ2v) is 6.69. The minimum atomic E-state index is -0.0190. The Labute approximate surface area is 149 Å². The van der Waals surface area contributed by atoms with E-state index in [0.29, 0.717) is 12.5 Å². The number of hydrogen-bond donors (Lipinski definition) is 2. The fourth-order valence-corrected chi connectivity index (χ4v) is 3.20. The van der Waals surface area contributed by atoms with Crippen LogP contribution in [-0.4, -0.2) is 18.5 Å². The van der Waals surface area contributed by atoms with E-state index < -0.39 is 0 Å². The van der Waals surface area contributed by atoms with Gasteiger partial charge in [-0.3, -0.25) is 4.79 Å². The normalized spacial score (nSPS) is 17.9. The van der Waals surface area contributed by atoms with Crippen molar-refractivity contribution in [2.75, 3.05) is 11.9 Å². The van der Waals surface area contributed by atoms with Crippen LogP contribution in [0.4, 0.5) is 5.69 Å².